The van der Waals surface area contributed by atoms with E-state index in [9.17, 15) is 4.79 Å². The number of aryl methyl sites for hydroxylation is 2. The number of H-pyrrole nitrogens is 1. The number of benzene rings is 1. The Morgan fingerprint density at radius 3 is 2.86 bits per heavy atom. The second-order valence-electron chi connectivity index (χ2n) is 4.92. The van der Waals surface area contributed by atoms with Crippen LogP contribution in [0.5, 0.6) is 0 Å². The van der Waals surface area contributed by atoms with Gasteiger partial charge < -0.3 is 5.32 Å². The lowest BCUT2D eigenvalue weighted by Gasteiger charge is -2.06. The third-order valence-corrected chi connectivity index (χ3v) is 4.15. The first-order chi connectivity index (χ1) is 10.1. The van der Waals surface area contributed by atoms with Crippen LogP contribution in [-0.2, 0) is 0 Å². The molecule has 3 aromatic rings. The second kappa shape index (κ2) is 5.54. The van der Waals surface area contributed by atoms with Crippen molar-refractivity contribution >= 4 is 23.1 Å². The molecule has 106 valence electrons. The fraction of sp³-hybridized carbons (Fsp3) is 0.125. The molecule has 3 rings (SSSR count). The van der Waals surface area contributed by atoms with Gasteiger partial charge in [0.05, 0.1) is 10.6 Å². The first kappa shape index (κ1) is 13.6. The molecule has 0 saturated carbocycles. The van der Waals surface area contributed by atoms with Crippen molar-refractivity contribution < 1.29 is 4.79 Å². The summed E-state index contributed by atoms with van der Waals surface area (Å²) in [6, 6.07) is 11.7. The molecule has 0 spiro atoms. The number of hydrogen-bond acceptors (Lipinski definition) is 3. The van der Waals surface area contributed by atoms with Crippen LogP contribution in [0.1, 0.15) is 21.5 Å². The quantitative estimate of drug-likeness (QED) is 0.767. The summed E-state index contributed by atoms with van der Waals surface area (Å²) in [5.41, 5.74) is 3.59. The monoisotopic (exact) mass is 297 g/mol. The molecule has 5 heteroatoms. The second-order valence-corrected chi connectivity index (χ2v) is 5.86. The third-order valence-electron chi connectivity index (χ3n) is 3.24. The van der Waals surface area contributed by atoms with Gasteiger partial charge in [0.2, 0.25) is 0 Å². The van der Waals surface area contributed by atoms with Crippen molar-refractivity contribution in [3.63, 3.8) is 0 Å². The molecule has 1 aromatic carbocycles. The van der Waals surface area contributed by atoms with Crippen LogP contribution in [0.2, 0.25) is 0 Å². The maximum atomic E-state index is 12.3. The van der Waals surface area contributed by atoms with Crippen LogP contribution in [-0.4, -0.2) is 16.1 Å². The molecule has 1 amide bonds. The SMILES string of the molecule is Cc1ccc(C)c(C(=O)Nc2cc(-c3cccs3)[nH]n2)c1. The van der Waals surface area contributed by atoms with Crippen LogP contribution < -0.4 is 5.32 Å². The topological polar surface area (TPSA) is 57.8 Å². The predicted molar refractivity (Wildman–Crippen MR) is 85.8 cm³/mol. The molecular weight excluding hydrogens is 282 g/mol. The van der Waals surface area contributed by atoms with E-state index in [1.165, 1.54) is 0 Å². The molecular formula is C16H15N3OS. The number of nitrogens with one attached hydrogen (secondary N) is 2. The van der Waals surface area contributed by atoms with Gasteiger partial charge in [-0.25, -0.2) is 0 Å². The summed E-state index contributed by atoms with van der Waals surface area (Å²) in [6.45, 7) is 3.90. The van der Waals surface area contributed by atoms with Gasteiger partial charge in [-0.1, -0.05) is 23.8 Å². The van der Waals surface area contributed by atoms with Crippen LogP contribution in [0, 0.1) is 13.8 Å². The Kier molecular flexibility index (Phi) is 3.58. The van der Waals surface area contributed by atoms with Gasteiger partial charge in [-0.2, -0.15) is 5.10 Å². The Morgan fingerprint density at radius 2 is 2.10 bits per heavy atom. The fourth-order valence-corrected chi connectivity index (χ4v) is 2.80. The molecule has 0 atom stereocenters. The predicted octanol–water partition coefficient (Wildman–Crippen LogP) is 4.01. The first-order valence-corrected chi connectivity index (χ1v) is 7.49. The van der Waals surface area contributed by atoms with Crippen LogP contribution >= 0.6 is 11.3 Å². The Hall–Kier alpha value is -2.40. The zero-order chi connectivity index (χ0) is 14.8. The normalized spacial score (nSPS) is 10.6. The highest BCUT2D eigenvalue weighted by molar-refractivity contribution is 7.13. The molecule has 4 nitrogen and oxygen atoms in total. The van der Waals surface area contributed by atoms with Crippen molar-refractivity contribution in [1.29, 1.82) is 0 Å². The Labute approximate surface area is 126 Å². The summed E-state index contributed by atoms with van der Waals surface area (Å²) < 4.78 is 0. The fourth-order valence-electron chi connectivity index (χ4n) is 2.11. The van der Waals surface area contributed by atoms with Crippen molar-refractivity contribution in [2.75, 3.05) is 5.32 Å². The Bertz CT molecular complexity index is 775. The van der Waals surface area contributed by atoms with E-state index in [-0.39, 0.29) is 5.91 Å². The maximum absolute atomic E-state index is 12.3. The molecule has 0 fully saturated rings. The zero-order valence-electron chi connectivity index (χ0n) is 11.8. The number of hydrogen-bond donors (Lipinski definition) is 2. The molecule has 2 N–H and O–H groups in total. The maximum Gasteiger partial charge on any atom is 0.257 e. The van der Waals surface area contributed by atoms with Crippen LogP contribution in [0.25, 0.3) is 10.6 Å². The summed E-state index contributed by atoms with van der Waals surface area (Å²) in [5.74, 6) is 0.393. The van der Waals surface area contributed by atoms with E-state index in [0.29, 0.717) is 11.4 Å². The highest BCUT2D eigenvalue weighted by Crippen LogP contribution is 2.24. The van der Waals surface area contributed by atoms with E-state index in [4.69, 9.17) is 0 Å². The van der Waals surface area contributed by atoms with Crippen molar-refractivity contribution in [1.82, 2.24) is 10.2 Å². The van der Waals surface area contributed by atoms with Crippen LogP contribution in [0.3, 0.4) is 0 Å². The number of aromatic amines is 1. The number of carbonyl (C=O) groups is 1. The highest BCUT2D eigenvalue weighted by atomic mass is 32.1. The average molecular weight is 297 g/mol. The minimum absolute atomic E-state index is 0.138. The lowest BCUT2D eigenvalue weighted by Crippen LogP contribution is -2.13. The number of anilines is 1. The third kappa shape index (κ3) is 2.87. The van der Waals surface area contributed by atoms with E-state index in [0.717, 1.165) is 21.7 Å². The molecule has 21 heavy (non-hydrogen) atoms. The van der Waals surface area contributed by atoms with Gasteiger partial charge in [0.15, 0.2) is 5.82 Å². The number of aromatic nitrogens is 2. The van der Waals surface area contributed by atoms with Crippen LogP contribution in [0.4, 0.5) is 5.82 Å². The highest BCUT2D eigenvalue weighted by Gasteiger charge is 2.12. The van der Waals surface area contributed by atoms with E-state index >= 15 is 0 Å². The smallest absolute Gasteiger partial charge is 0.257 e. The van der Waals surface area contributed by atoms with Gasteiger partial charge in [0.25, 0.3) is 5.91 Å². The Balaban J connectivity index is 1.80. The molecule has 0 aliphatic rings. The van der Waals surface area contributed by atoms with Crippen molar-refractivity contribution in [2.45, 2.75) is 13.8 Å². The summed E-state index contributed by atoms with van der Waals surface area (Å²) in [6.07, 6.45) is 0. The molecule has 0 radical (unpaired) electrons. The molecule has 0 saturated heterocycles. The van der Waals surface area contributed by atoms with Gasteiger partial charge in [-0.05, 0) is 36.9 Å². The molecule has 0 bridgehead atoms. The first-order valence-electron chi connectivity index (χ1n) is 6.61. The van der Waals surface area contributed by atoms with E-state index in [1.54, 1.807) is 11.3 Å². The van der Waals surface area contributed by atoms with E-state index in [1.807, 2.05) is 55.6 Å². The van der Waals surface area contributed by atoms with Crippen LogP contribution in [0.15, 0.2) is 41.8 Å². The standard InChI is InChI=1S/C16H15N3OS/c1-10-5-6-11(2)12(8-10)16(20)17-15-9-13(18-19-15)14-4-3-7-21-14/h3-9H,1-2H3,(H2,17,18,19,20). The average Bonchev–Trinajstić information content (AvgIpc) is 3.11. The molecule has 0 aliphatic heterocycles. The zero-order valence-corrected chi connectivity index (χ0v) is 12.6. The number of carbonyl (C=O) groups excluding carboxylic acids is 1. The van der Waals surface area contributed by atoms with E-state index < -0.39 is 0 Å². The molecule has 2 aromatic heterocycles. The lowest BCUT2D eigenvalue weighted by atomic mass is 10.1. The summed E-state index contributed by atoms with van der Waals surface area (Å²) >= 11 is 1.63. The van der Waals surface area contributed by atoms with Gasteiger partial charge >= 0.3 is 0 Å². The largest absolute Gasteiger partial charge is 0.305 e. The summed E-state index contributed by atoms with van der Waals surface area (Å²) in [7, 11) is 0. The van der Waals surface area contributed by atoms with Gasteiger partial charge in [0.1, 0.15) is 0 Å². The molecule has 0 unspecified atom stereocenters. The van der Waals surface area contributed by atoms with Gasteiger partial charge in [-0.15, -0.1) is 11.3 Å². The van der Waals surface area contributed by atoms with E-state index in [2.05, 4.69) is 15.5 Å². The summed E-state index contributed by atoms with van der Waals surface area (Å²) in [5, 5.41) is 11.9. The number of amides is 1. The number of nitrogens with zero attached hydrogens (tertiary/aromatic N) is 1. The van der Waals surface area contributed by atoms with Crippen molar-refractivity contribution in [2.24, 2.45) is 0 Å². The lowest BCUT2D eigenvalue weighted by molar-refractivity contribution is 0.102. The Morgan fingerprint density at radius 1 is 1.24 bits per heavy atom. The minimum atomic E-state index is -0.138. The van der Waals surface area contributed by atoms with Gasteiger partial charge in [0, 0.05) is 11.6 Å². The molecule has 2 heterocycles. The van der Waals surface area contributed by atoms with Gasteiger partial charge in [-0.3, -0.25) is 9.89 Å². The summed E-state index contributed by atoms with van der Waals surface area (Å²) in [4.78, 5) is 13.4. The van der Waals surface area contributed by atoms with Crippen molar-refractivity contribution in [3.8, 4) is 10.6 Å². The number of thiophene rings is 1. The number of rotatable bonds is 3. The minimum Gasteiger partial charge on any atom is -0.305 e. The molecule has 0 aliphatic carbocycles. The van der Waals surface area contributed by atoms with Crippen molar-refractivity contribution in [3.05, 3.63) is 58.5 Å².